The summed E-state index contributed by atoms with van der Waals surface area (Å²) in [5, 5.41) is 12.5. The minimum Gasteiger partial charge on any atom is -0.396 e. The fourth-order valence-corrected chi connectivity index (χ4v) is 2.81. The highest BCUT2D eigenvalue weighted by atomic mass is 16.2. The summed E-state index contributed by atoms with van der Waals surface area (Å²) in [6.45, 7) is 4.67. The van der Waals surface area contributed by atoms with Crippen LogP contribution in [0.1, 0.15) is 56.2 Å². The van der Waals surface area contributed by atoms with E-state index in [1.54, 1.807) is 0 Å². The van der Waals surface area contributed by atoms with Gasteiger partial charge in [-0.3, -0.25) is 0 Å². The summed E-state index contributed by atoms with van der Waals surface area (Å²) >= 11 is 0. The molecule has 2 N–H and O–H groups in total. The predicted octanol–water partition coefficient (Wildman–Crippen LogP) is 2.64. The number of aliphatic hydroxyl groups is 1. The van der Waals surface area contributed by atoms with Crippen LogP contribution in [0.3, 0.4) is 0 Å². The lowest BCUT2D eigenvalue weighted by atomic mass is 9.91. The Labute approximate surface area is 110 Å². The van der Waals surface area contributed by atoms with Crippen LogP contribution in [0, 0.1) is 0 Å². The van der Waals surface area contributed by atoms with Gasteiger partial charge < -0.3 is 15.0 Å². The van der Waals surface area contributed by atoms with Gasteiger partial charge in [0.1, 0.15) is 0 Å². The highest BCUT2D eigenvalue weighted by molar-refractivity contribution is 5.30. The van der Waals surface area contributed by atoms with Crippen LogP contribution < -0.4 is 5.32 Å². The first-order valence-corrected chi connectivity index (χ1v) is 7.38. The number of aromatic nitrogens is 1. The quantitative estimate of drug-likeness (QED) is 0.730. The van der Waals surface area contributed by atoms with Gasteiger partial charge in [-0.15, -0.1) is 0 Å². The summed E-state index contributed by atoms with van der Waals surface area (Å²) in [5.41, 5.74) is 3.04. The van der Waals surface area contributed by atoms with Gasteiger partial charge in [0.25, 0.3) is 0 Å². The van der Waals surface area contributed by atoms with Crippen LogP contribution in [-0.2, 0) is 13.0 Å². The standard InChI is InChI=1S/C15H26N2O/c1-2-8-16-15-7-5-6-13-11-17(12-14(13)15)9-3-4-10-18/h11-12,15-16,18H,2-10H2,1H3. The smallest absolute Gasteiger partial charge is 0.0431 e. The van der Waals surface area contributed by atoms with Gasteiger partial charge in [0.05, 0.1) is 0 Å². The van der Waals surface area contributed by atoms with Gasteiger partial charge in [-0.05, 0) is 56.2 Å². The van der Waals surface area contributed by atoms with Crippen LogP contribution in [0.25, 0.3) is 0 Å². The second kappa shape index (κ2) is 6.95. The van der Waals surface area contributed by atoms with E-state index in [1.165, 1.54) is 36.8 Å². The first-order valence-electron chi connectivity index (χ1n) is 7.38. The molecule has 1 atom stereocenters. The Morgan fingerprint density at radius 2 is 2.28 bits per heavy atom. The molecule has 0 saturated carbocycles. The van der Waals surface area contributed by atoms with E-state index in [9.17, 15) is 0 Å². The first kappa shape index (κ1) is 13.6. The summed E-state index contributed by atoms with van der Waals surface area (Å²) in [5.74, 6) is 0. The van der Waals surface area contributed by atoms with E-state index in [-0.39, 0.29) is 0 Å². The third kappa shape index (κ3) is 3.36. The number of fused-ring (bicyclic) bond motifs is 1. The van der Waals surface area contributed by atoms with Crippen LogP contribution in [0.4, 0.5) is 0 Å². The summed E-state index contributed by atoms with van der Waals surface area (Å²) in [6.07, 6.45) is 11.6. The van der Waals surface area contributed by atoms with Gasteiger partial charge in [0.2, 0.25) is 0 Å². The van der Waals surface area contributed by atoms with E-state index < -0.39 is 0 Å². The summed E-state index contributed by atoms with van der Waals surface area (Å²) < 4.78 is 2.31. The molecule has 0 aliphatic heterocycles. The van der Waals surface area contributed by atoms with Gasteiger partial charge in [0, 0.05) is 31.6 Å². The van der Waals surface area contributed by atoms with Crippen molar-refractivity contribution >= 4 is 0 Å². The first-order chi connectivity index (χ1) is 8.85. The van der Waals surface area contributed by atoms with E-state index in [1.807, 2.05) is 0 Å². The Balaban J connectivity index is 1.98. The maximum absolute atomic E-state index is 8.83. The molecular formula is C15H26N2O. The van der Waals surface area contributed by atoms with Crippen LogP contribution in [0.15, 0.2) is 12.4 Å². The van der Waals surface area contributed by atoms with Crippen LogP contribution in [0.2, 0.25) is 0 Å². The van der Waals surface area contributed by atoms with Crippen molar-refractivity contribution in [2.45, 2.75) is 58.0 Å². The molecule has 0 aromatic carbocycles. The average molecular weight is 250 g/mol. The Kier molecular flexibility index (Phi) is 5.26. The fraction of sp³-hybridized carbons (Fsp3) is 0.733. The average Bonchev–Trinajstić information content (AvgIpc) is 2.80. The Morgan fingerprint density at radius 3 is 3.06 bits per heavy atom. The molecule has 2 rings (SSSR count). The Morgan fingerprint density at radius 1 is 1.39 bits per heavy atom. The number of hydrogen-bond donors (Lipinski definition) is 2. The SMILES string of the molecule is CCCNC1CCCc2cn(CCCCO)cc21. The predicted molar refractivity (Wildman–Crippen MR) is 74.7 cm³/mol. The maximum Gasteiger partial charge on any atom is 0.0431 e. The van der Waals surface area contributed by atoms with E-state index in [4.69, 9.17) is 5.11 Å². The molecule has 1 aliphatic rings. The van der Waals surface area contributed by atoms with E-state index in [0.29, 0.717) is 12.6 Å². The molecule has 0 bridgehead atoms. The van der Waals surface area contributed by atoms with Gasteiger partial charge in [-0.2, -0.15) is 0 Å². The lowest BCUT2D eigenvalue weighted by Gasteiger charge is -2.23. The molecule has 1 aromatic rings. The monoisotopic (exact) mass is 250 g/mol. The molecule has 0 radical (unpaired) electrons. The lowest BCUT2D eigenvalue weighted by molar-refractivity contribution is 0.281. The second-order valence-electron chi connectivity index (χ2n) is 5.31. The van der Waals surface area contributed by atoms with Crippen molar-refractivity contribution in [2.24, 2.45) is 0 Å². The molecule has 1 aliphatic carbocycles. The molecule has 102 valence electrons. The van der Waals surface area contributed by atoms with Gasteiger partial charge in [-0.1, -0.05) is 6.92 Å². The van der Waals surface area contributed by atoms with E-state index in [2.05, 4.69) is 29.2 Å². The van der Waals surface area contributed by atoms with E-state index in [0.717, 1.165) is 25.9 Å². The number of aliphatic hydroxyl groups excluding tert-OH is 1. The van der Waals surface area contributed by atoms with Crippen molar-refractivity contribution in [1.29, 1.82) is 0 Å². The molecule has 1 aromatic heterocycles. The number of nitrogens with one attached hydrogen (secondary N) is 1. The molecule has 0 amide bonds. The molecule has 0 fully saturated rings. The number of unbranched alkanes of at least 4 members (excludes halogenated alkanes) is 1. The topological polar surface area (TPSA) is 37.2 Å². The zero-order chi connectivity index (χ0) is 12.8. The maximum atomic E-state index is 8.83. The molecular weight excluding hydrogens is 224 g/mol. The summed E-state index contributed by atoms with van der Waals surface area (Å²) in [6, 6.07) is 0.563. The van der Waals surface area contributed by atoms with Crippen LogP contribution in [0.5, 0.6) is 0 Å². The molecule has 18 heavy (non-hydrogen) atoms. The van der Waals surface area contributed by atoms with Crippen molar-refractivity contribution in [1.82, 2.24) is 9.88 Å². The van der Waals surface area contributed by atoms with Crippen LogP contribution >= 0.6 is 0 Å². The molecule has 3 nitrogen and oxygen atoms in total. The van der Waals surface area contributed by atoms with Gasteiger partial charge in [0.15, 0.2) is 0 Å². The molecule has 1 heterocycles. The number of hydrogen-bond acceptors (Lipinski definition) is 2. The lowest BCUT2D eigenvalue weighted by Crippen LogP contribution is -2.24. The highest BCUT2D eigenvalue weighted by Gasteiger charge is 2.21. The second-order valence-corrected chi connectivity index (χ2v) is 5.31. The molecule has 0 saturated heterocycles. The fourth-order valence-electron chi connectivity index (χ4n) is 2.81. The molecule has 0 spiro atoms. The third-order valence-electron chi connectivity index (χ3n) is 3.78. The van der Waals surface area contributed by atoms with Gasteiger partial charge >= 0.3 is 0 Å². The van der Waals surface area contributed by atoms with Gasteiger partial charge in [-0.25, -0.2) is 0 Å². The van der Waals surface area contributed by atoms with Crippen molar-refractivity contribution in [3.63, 3.8) is 0 Å². The molecule has 1 unspecified atom stereocenters. The normalized spacial score (nSPS) is 18.9. The summed E-state index contributed by atoms with van der Waals surface area (Å²) in [4.78, 5) is 0. The molecule has 3 heteroatoms. The van der Waals surface area contributed by atoms with Crippen molar-refractivity contribution in [3.05, 3.63) is 23.5 Å². The van der Waals surface area contributed by atoms with Crippen molar-refractivity contribution in [3.8, 4) is 0 Å². The number of nitrogens with zero attached hydrogens (tertiary/aromatic N) is 1. The van der Waals surface area contributed by atoms with Crippen LogP contribution in [-0.4, -0.2) is 22.8 Å². The zero-order valence-electron chi connectivity index (χ0n) is 11.5. The number of aryl methyl sites for hydroxylation is 2. The summed E-state index contributed by atoms with van der Waals surface area (Å²) in [7, 11) is 0. The van der Waals surface area contributed by atoms with Crippen molar-refractivity contribution < 1.29 is 5.11 Å². The van der Waals surface area contributed by atoms with Crippen molar-refractivity contribution in [2.75, 3.05) is 13.2 Å². The third-order valence-corrected chi connectivity index (χ3v) is 3.78. The largest absolute Gasteiger partial charge is 0.396 e. The van der Waals surface area contributed by atoms with E-state index >= 15 is 0 Å². The minimum atomic E-state index is 0.307. The Hall–Kier alpha value is -0.800. The zero-order valence-corrected chi connectivity index (χ0v) is 11.5. The Bertz CT molecular complexity index is 359. The highest BCUT2D eigenvalue weighted by Crippen LogP contribution is 2.30. The number of rotatable bonds is 7. The minimum absolute atomic E-state index is 0.307.